The molecular formula is C9H26BN. The van der Waals surface area contributed by atoms with Crippen LogP contribution >= 0.6 is 0 Å². The molecule has 0 aromatic carbocycles. The Bertz CT molecular complexity index is 76.1. The zero-order valence-corrected chi connectivity index (χ0v) is 7.98. The van der Waals surface area contributed by atoms with E-state index in [1.165, 1.54) is 32.2 Å². The van der Waals surface area contributed by atoms with Crippen LogP contribution < -0.4 is 0 Å². The van der Waals surface area contributed by atoms with Crippen molar-refractivity contribution < 1.29 is 4.48 Å². The summed E-state index contributed by atoms with van der Waals surface area (Å²) in [6, 6.07) is 0. The van der Waals surface area contributed by atoms with Crippen LogP contribution in [0.15, 0.2) is 0 Å². The molecule has 2 heteroatoms. The van der Waals surface area contributed by atoms with Gasteiger partial charge in [-0.05, 0) is 12.8 Å². The molecule has 0 heterocycles. The molecule has 0 N–H and O–H groups in total. The highest BCUT2D eigenvalue weighted by atomic mass is 15.3. The molecule has 0 amide bonds. The zero-order valence-electron chi connectivity index (χ0n) is 7.98. The third kappa shape index (κ3) is 13.1. The van der Waals surface area contributed by atoms with E-state index in [0.717, 1.165) is 4.48 Å². The average molecular weight is 159 g/mol. The first-order valence-corrected chi connectivity index (χ1v) is 4.36. The maximum atomic E-state index is 2.26. The Morgan fingerprint density at radius 3 is 1.82 bits per heavy atom. The minimum atomic E-state index is 0. The maximum absolute atomic E-state index is 2.26. The lowest BCUT2D eigenvalue weighted by Gasteiger charge is -2.23. The Morgan fingerprint density at radius 2 is 1.45 bits per heavy atom. The summed E-state index contributed by atoms with van der Waals surface area (Å²) in [5, 5.41) is 0. The van der Waals surface area contributed by atoms with E-state index < -0.39 is 0 Å². The molecule has 0 atom stereocenters. The molecule has 0 aliphatic rings. The molecule has 1 nitrogen and oxygen atoms in total. The van der Waals surface area contributed by atoms with Crippen molar-refractivity contribution in [2.75, 3.05) is 27.7 Å². The fourth-order valence-corrected chi connectivity index (χ4v) is 1.01. The normalized spacial score (nSPS) is 10.9. The van der Waals surface area contributed by atoms with E-state index in [9.17, 15) is 0 Å². The summed E-state index contributed by atoms with van der Waals surface area (Å²) in [6.45, 7) is 3.58. The van der Waals surface area contributed by atoms with Gasteiger partial charge in [0.1, 0.15) is 0 Å². The lowest BCUT2D eigenvalue weighted by molar-refractivity contribution is -0.870. The number of nitrogens with zero attached hydrogens (tertiary/aromatic N) is 1. The van der Waals surface area contributed by atoms with Gasteiger partial charge in [0.15, 0.2) is 0 Å². The molecule has 0 aromatic rings. The molecule has 0 fully saturated rings. The number of quaternary nitrogens is 1. The zero-order chi connectivity index (χ0) is 8.04. The van der Waals surface area contributed by atoms with Crippen molar-refractivity contribution in [1.82, 2.24) is 0 Å². The Labute approximate surface area is 74.0 Å². The van der Waals surface area contributed by atoms with E-state index in [2.05, 4.69) is 28.1 Å². The smallest absolute Gasteiger partial charge is 0.0780 e. The summed E-state index contributed by atoms with van der Waals surface area (Å²) in [5.41, 5.74) is 0. The van der Waals surface area contributed by atoms with Crippen LogP contribution in [0.4, 0.5) is 0 Å². The summed E-state index contributed by atoms with van der Waals surface area (Å²) in [7, 11) is 6.77. The molecule has 0 radical (unpaired) electrons. The highest BCUT2D eigenvalue weighted by Crippen LogP contribution is 2.01. The van der Waals surface area contributed by atoms with Gasteiger partial charge in [-0.15, -0.1) is 0 Å². The van der Waals surface area contributed by atoms with E-state index in [4.69, 9.17) is 0 Å². The summed E-state index contributed by atoms with van der Waals surface area (Å²) in [5.74, 6) is 0. The second-order valence-electron chi connectivity index (χ2n) is 4.07. The van der Waals surface area contributed by atoms with Gasteiger partial charge in [-0.1, -0.05) is 28.2 Å². The van der Waals surface area contributed by atoms with E-state index in [1.807, 2.05) is 0 Å². The quantitative estimate of drug-likeness (QED) is 0.316. The van der Waals surface area contributed by atoms with Gasteiger partial charge in [-0.25, -0.2) is 0 Å². The van der Waals surface area contributed by atoms with Gasteiger partial charge < -0.3 is 4.48 Å². The number of hydrogen-bond acceptors (Lipinski definition) is 0. The van der Waals surface area contributed by atoms with Crippen LogP contribution in [-0.2, 0) is 0 Å². The van der Waals surface area contributed by atoms with E-state index in [1.54, 1.807) is 0 Å². The van der Waals surface area contributed by atoms with Crippen LogP contribution in [0, 0.1) is 0 Å². The standard InChI is InChI=1S/C9H22N.BH4/c1-5-6-7-8-9-10(2,3)4;/h5-9H2,1-4H3;1H4/q+1;-1. The first-order chi connectivity index (χ1) is 4.56. The molecule has 0 saturated carbocycles. The topological polar surface area (TPSA) is 0 Å². The second kappa shape index (κ2) is 6.72. The van der Waals surface area contributed by atoms with Crippen molar-refractivity contribution in [1.29, 1.82) is 0 Å². The SMILES string of the molecule is CCCCCC[N+](C)(C)C.[BH4-]. The molecule has 0 spiro atoms. The predicted molar refractivity (Wildman–Crippen MR) is 58.4 cm³/mol. The van der Waals surface area contributed by atoms with Gasteiger partial charge in [0.05, 0.1) is 27.7 Å². The first kappa shape index (κ1) is 13.6. The molecule has 0 saturated heterocycles. The molecule has 0 unspecified atom stereocenters. The van der Waals surface area contributed by atoms with E-state index in [0.29, 0.717) is 0 Å². The molecule has 70 valence electrons. The van der Waals surface area contributed by atoms with Gasteiger partial charge in [-0.2, -0.15) is 0 Å². The highest BCUT2D eigenvalue weighted by Gasteiger charge is 2.04. The Morgan fingerprint density at radius 1 is 0.909 bits per heavy atom. The fourth-order valence-electron chi connectivity index (χ4n) is 1.01. The molecule has 11 heavy (non-hydrogen) atoms. The lowest BCUT2D eigenvalue weighted by Crippen LogP contribution is -2.35. The minimum Gasteiger partial charge on any atom is -0.331 e. The van der Waals surface area contributed by atoms with Crippen molar-refractivity contribution in [3.63, 3.8) is 0 Å². The Kier molecular flexibility index (Phi) is 8.31. The van der Waals surface area contributed by atoms with Crippen LogP contribution in [0.1, 0.15) is 32.6 Å². The van der Waals surface area contributed by atoms with Gasteiger partial charge in [-0.3, -0.25) is 0 Å². The number of rotatable bonds is 5. The monoisotopic (exact) mass is 159 g/mol. The summed E-state index contributed by atoms with van der Waals surface area (Å²) >= 11 is 0. The Balaban J connectivity index is 0. The minimum absolute atomic E-state index is 0. The van der Waals surface area contributed by atoms with Crippen LogP contribution in [-0.4, -0.2) is 40.6 Å². The molecule has 0 aliphatic heterocycles. The highest BCUT2D eigenvalue weighted by molar-refractivity contribution is 5.75. The van der Waals surface area contributed by atoms with Crippen molar-refractivity contribution in [2.24, 2.45) is 0 Å². The van der Waals surface area contributed by atoms with Crippen molar-refractivity contribution in [3.8, 4) is 0 Å². The molecule has 0 rings (SSSR count). The maximum Gasteiger partial charge on any atom is 0.0780 e. The third-order valence-electron chi connectivity index (χ3n) is 1.68. The van der Waals surface area contributed by atoms with Gasteiger partial charge in [0.25, 0.3) is 0 Å². The summed E-state index contributed by atoms with van der Waals surface area (Å²) in [4.78, 5) is 0. The van der Waals surface area contributed by atoms with Gasteiger partial charge in [0.2, 0.25) is 0 Å². The van der Waals surface area contributed by atoms with Crippen LogP contribution in [0.25, 0.3) is 0 Å². The van der Waals surface area contributed by atoms with Crippen molar-refractivity contribution in [3.05, 3.63) is 0 Å². The molecule has 0 aliphatic carbocycles. The fraction of sp³-hybridized carbons (Fsp3) is 1.00. The van der Waals surface area contributed by atoms with Gasteiger partial charge >= 0.3 is 0 Å². The molecule has 0 bridgehead atoms. The van der Waals surface area contributed by atoms with E-state index >= 15 is 0 Å². The van der Waals surface area contributed by atoms with Crippen molar-refractivity contribution >= 4 is 8.41 Å². The lowest BCUT2D eigenvalue weighted by atomic mass is 10.2. The van der Waals surface area contributed by atoms with Crippen molar-refractivity contribution in [2.45, 2.75) is 32.6 Å². The largest absolute Gasteiger partial charge is 0.331 e. The Hall–Kier alpha value is 0.0249. The summed E-state index contributed by atoms with van der Waals surface area (Å²) < 4.78 is 1.11. The van der Waals surface area contributed by atoms with Gasteiger partial charge in [0, 0.05) is 0 Å². The first-order valence-electron chi connectivity index (χ1n) is 4.36. The van der Waals surface area contributed by atoms with E-state index in [-0.39, 0.29) is 8.41 Å². The third-order valence-corrected chi connectivity index (χ3v) is 1.68. The van der Waals surface area contributed by atoms with Crippen LogP contribution in [0.3, 0.4) is 0 Å². The van der Waals surface area contributed by atoms with Crippen LogP contribution in [0.5, 0.6) is 0 Å². The van der Waals surface area contributed by atoms with Crippen LogP contribution in [0.2, 0.25) is 0 Å². The average Bonchev–Trinajstić information content (AvgIpc) is 1.78. The predicted octanol–water partition coefficient (Wildman–Crippen LogP) is 0.821. The summed E-state index contributed by atoms with van der Waals surface area (Å²) in [6.07, 6.45) is 5.54. The number of unbranched alkanes of at least 4 members (excludes halogenated alkanes) is 3. The second-order valence-corrected chi connectivity index (χ2v) is 4.07. The molecular weight excluding hydrogens is 133 g/mol. The molecule has 0 aromatic heterocycles. The number of hydrogen-bond donors (Lipinski definition) is 0.